The molecule has 5 aromatic rings. The number of primary amides is 3. The van der Waals surface area contributed by atoms with Gasteiger partial charge in [-0.3, -0.25) is 67.7 Å². The van der Waals surface area contributed by atoms with Crippen molar-refractivity contribution < 1.29 is 77.6 Å². The molecule has 0 aliphatic carbocycles. The van der Waals surface area contributed by atoms with Gasteiger partial charge >= 0.3 is 0 Å². The van der Waals surface area contributed by atoms with Gasteiger partial charge in [0.1, 0.15) is 65.9 Å². The summed E-state index contributed by atoms with van der Waals surface area (Å²) < 4.78 is 0. The lowest BCUT2D eigenvalue weighted by Gasteiger charge is -2.27. The van der Waals surface area contributed by atoms with E-state index < -0.39 is 157 Å². The molecule has 5 rings (SSSR count). The molecule has 9 atom stereocenters. The largest absolute Gasteiger partial charge is 0.508 e. The number of carbonyl (C=O) groups is 13. The first kappa shape index (κ1) is 77.1. The molecule has 98 heavy (non-hydrogen) atoms. The number of fused-ring (bicyclic) bond motifs is 1. The third kappa shape index (κ3) is 25.9. The van der Waals surface area contributed by atoms with E-state index in [9.17, 15) is 77.6 Å². The number of aromatic hydroxyl groups is 2. The molecule has 0 spiro atoms. The van der Waals surface area contributed by atoms with Gasteiger partial charge in [-0.25, -0.2) is 0 Å². The van der Waals surface area contributed by atoms with Gasteiger partial charge in [0.05, 0.1) is 26.0 Å². The van der Waals surface area contributed by atoms with Crippen LogP contribution in [0.2, 0.25) is 0 Å². The summed E-state index contributed by atoms with van der Waals surface area (Å²) in [4.78, 5) is 179. The Bertz CT molecular complexity index is 3650. The number of aliphatic hydroxyl groups excluding tert-OH is 1. The van der Waals surface area contributed by atoms with Crippen LogP contribution >= 0.6 is 0 Å². The minimum atomic E-state index is -1.94. The number of rotatable bonds is 39. The average molecular weight is 1360 g/mol. The molecule has 0 fully saturated rings. The predicted octanol–water partition coefficient (Wildman–Crippen LogP) is -4.11. The highest BCUT2D eigenvalue weighted by atomic mass is 16.3. The van der Waals surface area contributed by atoms with Crippen LogP contribution in [-0.4, -0.2) is 177 Å². The summed E-state index contributed by atoms with van der Waals surface area (Å²) in [6.45, 7) is 2.80. The number of benzene rings is 4. The summed E-state index contributed by atoms with van der Waals surface area (Å²) in [7, 11) is 0. The molecule has 4 aromatic carbocycles. The number of amides is 13. The molecular weight excluding hydrogens is 1270 g/mol. The van der Waals surface area contributed by atoms with Crippen molar-refractivity contribution in [1.82, 2.24) is 63.5 Å². The lowest BCUT2D eigenvalue weighted by atomic mass is 10.0. The van der Waals surface area contributed by atoms with E-state index in [4.69, 9.17) is 28.3 Å². The maximum absolute atomic E-state index is 14.5. The molecule has 24 N–H and O–H groups in total. The van der Waals surface area contributed by atoms with Crippen molar-refractivity contribution in [2.24, 2.45) is 28.9 Å². The average Bonchev–Trinajstić information content (AvgIpc) is 1.61. The second-order valence-electron chi connectivity index (χ2n) is 23.6. The van der Waals surface area contributed by atoms with Gasteiger partial charge < -0.3 is 102 Å². The molecule has 33 heteroatoms. The van der Waals surface area contributed by atoms with Gasteiger partial charge in [-0.05, 0) is 77.8 Å². The topological polar surface area (TPSA) is 559 Å². The summed E-state index contributed by atoms with van der Waals surface area (Å²) in [5.41, 5.74) is 24.7. The number of aromatic amines is 1. The number of hydrogen-bond acceptors (Lipinski definition) is 17. The van der Waals surface area contributed by atoms with Crippen molar-refractivity contribution in [3.63, 3.8) is 0 Å². The Labute approximate surface area is 562 Å². The van der Waals surface area contributed by atoms with E-state index in [1.807, 2.05) is 0 Å². The lowest BCUT2D eigenvalue weighted by molar-refractivity contribution is -0.137. The molecule has 0 saturated heterocycles. The minimum Gasteiger partial charge on any atom is -0.508 e. The Morgan fingerprint density at radius 2 is 0.898 bits per heavy atom. The summed E-state index contributed by atoms with van der Waals surface area (Å²) in [5, 5.41) is 65.3. The molecule has 33 nitrogen and oxygen atoms in total. The Morgan fingerprint density at radius 3 is 1.41 bits per heavy atom. The second kappa shape index (κ2) is 38.0. The van der Waals surface area contributed by atoms with Gasteiger partial charge in [0.25, 0.3) is 0 Å². The van der Waals surface area contributed by atoms with Gasteiger partial charge in [-0.1, -0.05) is 86.6 Å². The van der Waals surface area contributed by atoms with Gasteiger partial charge in [-0.2, -0.15) is 0 Å². The molecule has 13 amide bonds. The third-order valence-electron chi connectivity index (χ3n) is 15.0. The number of H-pyrrole nitrogens is 1. The van der Waals surface area contributed by atoms with Crippen molar-refractivity contribution in [3.8, 4) is 11.5 Å². The summed E-state index contributed by atoms with van der Waals surface area (Å²) in [6, 6.07) is 12.3. The number of hydrogen-bond donors (Lipinski definition) is 20. The van der Waals surface area contributed by atoms with Crippen molar-refractivity contribution in [2.75, 3.05) is 19.7 Å². The fourth-order valence-electron chi connectivity index (χ4n) is 10.2. The van der Waals surface area contributed by atoms with Crippen LogP contribution in [0.25, 0.3) is 10.9 Å². The number of nitrogens with one attached hydrogen (secondary N) is 13. The first-order valence-corrected chi connectivity index (χ1v) is 31.1. The number of para-hydroxylation sites is 1. The fourth-order valence-corrected chi connectivity index (χ4v) is 10.2. The van der Waals surface area contributed by atoms with Gasteiger partial charge in [0.15, 0.2) is 5.96 Å². The minimum absolute atomic E-state index is 0.0118. The zero-order valence-electron chi connectivity index (χ0n) is 54.1. The monoisotopic (exact) mass is 1360 g/mol. The highest BCUT2D eigenvalue weighted by Gasteiger charge is 2.36. The summed E-state index contributed by atoms with van der Waals surface area (Å²) >= 11 is 0. The number of guanidine groups is 1. The van der Waals surface area contributed by atoms with Crippen molar-refractivity contribution in [1.29, 1.82) is 5.41 Å². The standard InChI is InChI=1S/C65H85N17O16/c1-34(2)24-46(59(93)76-44(14-9-23-71-65(69)70)58(92)77-45(56(68)90)25-37-15-19-40(85)20-16-37)75-55(89)32-73-57(91)47(26-36-10-5-4-6-11-36)78-64(98)52(33-83)82-63(97)51(30-54(67)88)81-61(95)49(28-39-31-72-43-13-8-7-12-42(39)43)79-62(96)50(29-53(66)87)80-60(94)48(74-35(3)84)27-38-17-21-41(86)22-18-38/h4-8,10-13,15-22,31,34,44-52,72,83,85-86H,9,14,23-30,32-33H2,1-3H3,(H2,66,87)(H2,67,88)(H2,68,90)(H,73,91)(H,74,84)(H,75,89)(H,76,93)(H,77,92)(H,78,98)(H,79,96)(H,80,94)(H,81,95)(H,82,97)(H4,69,70,71)/t44-,45-,46-,47-,48-,49-,50-,51-,52-/m0/s1. The lowest BCUT2D eigenvalue weighted by Crippen LogP contribution is -2.61. The smallest absolute Gasteiger partial charge is 0.245 e. The Morgan fingerprint density at radius 1 is 0.469 bits per heavy atom. The Balaban J connectivity index is 1.32. The number of phenols is 2. The van der Waals surface area contributed by atoms with Gasteiger partial charge in [-0.15, -0.1) is 0 Å². The number of nitrogens with two attached hydrogens (primary N) is 4. The maximum atomic E-state index is 14.5. The maximum Gasteiger partial charge on any atom is 0.245 e. The fraction of sp³-hybridized carbons (Fsp3) is 0.385. The van der Waals surface area contributed by atoms with E-state index in [1.54, 1.807) is 68.4 Å². The van der Waals surface area contributed by atoms with Crippen LogP contribution in [0.1, 0.15) is 75.1 Å². The molecule has 0 aliphatic rings. The number of aliphatic hydroxyl groups is 1. The van der Waals surface area contributed by atoms with E-state index in [-0.39, 0.29) is 74.9 Å². The molecule has 0 aliphatic heterocycles. The number of aromatic nitrogens is 1. The zero-order chi connectivity index (χ0) is 72.2. The van der Waals surface area contributed by atoms with Crippen LogP contribution in [0, 0.1) is 11.3 Å². The molecule has 526 valence electrons. The van der Waals surface area contributed by atoms with Crippen LogP contribution in [0.3, 0.4) is 0 Å². The highest BCUT2D eigenvalue weighted by Crippen LogP contribution is 2.21. The molecule has 0 unspecified atom stereocenters. The van der Waals surface area contributed by atoms with Crippen LogP contribution < -0.4 is 81.4 Å². The quantitative estimate of drug-likeness (QED) is 0.0101. The van der Waals surface area contributed by atoms with Crippen molar-refractivity contribution in [2.45, 2.75) is 133 Å². The molecule has 1 aromatic heterocycles. The van der Waals surface area contributed by atoms with Crippen molar-refractivity contribution >= 4 is 93.7 Å². The number of carbonyl (C=O) groups excluding carboxylic acids is 13. The van der Waals surface area contributed by atoms with E-state index in [0.29, 0.717) is 33.2 Å². The van der Waals surface area contributed by atoms with Gasteiger partial charge in [0, 0.05) is 56.3 Å². The second-order valence-corrected chi connectivity index (χ2v) is 23.6. The van der Waals surface area contributed by atoms with Crippen LogP contribution in [0.5, 0.6) is 11.5 Å². The third-order valence-corrected chi connectivity index (χ3v) is 15.0. The van der Waals surface area contributed by atoms with Crippen LogP contribution in [0.15, 0.2) is 109 Å². The van der Waals surface area contributed by atoms with Gasteiger partial charge in [0.2, 0.25) is 76.8 Å². The highest BCUT2D eigenvalue weighted by molar-refractivity contribution is 6.00. The predicted molar refractivity (Wildman–Crippen MR) is 354 cm³/mol. The first-order chi connectivity index (χ1) is 46.5. The number of phenolic OH excluding ortho intramolecular Hbond substituents is 2. The van der Waals surface area contributed by atoms with Crippen LogP contribution in [0.4, 0.5) is 0 Å². The van der Waals surface area contributed by atoms with Crippen LogP contribution in [-0.2, 0) is 88.0 Å². The van der Waals surface area contributed by atoms with E-state index in [2.05, 4.69) is 63.5 Å². The van der Waals surface area contributed by atoms with E-state index >= 15 is 0 Å². The van der Waals surface area contributed by atoms with E-state index in [0.717, 1.165) is 6.92 Å². The summed E-state index contributed by atoms with van der Waals surface area (Å²) in [5.74, 6) is -13.7. The molecule has 0 saturated carbocycles. The zero-order valence-corrected chi connectivity index (χ0v) is 54.1. The molecular formula is C65H85N17O16. The molecule has 0 radical (unpaired) electrons. The Hall–Kier alpha value is -11.6. The van der Waals surface area contributed by atoms with Crippen molar-refractivity contribution in [3.05, 3.63) is 132 Å². The normalized spacial score (nSPS) is 13.7. The first-order valence-electron chi connectivity index (χ1n) is 31.1. The Kier molecular flexibility index (Phi) is 29.9. The summed E-state index contributed by atoms with van der Waals surface area (Å²) in [6.07, 6.45) is -0.914. The molecule has 1 heterocycles. The van der Waals surface area contributed by atoms with E-state index in [1.165, 1.54) is 54.7 Å². The molecule has 0 bridgehead atoms. The SMILES string of the molecule is CC(=O)N[C@@H](Cc1ccc(O)cc1)C(=O)N[C@@H](CC(N)=O)C(=O)N[C@@H](Cc1c[nH]c2ccccc12)C(=O)N[C@@H](CC(N)=O)C(=O)N[C@@H](CO)C(=O)N[C@@H](Cc1ccccc1)C(=O)NCC(=O)N[C@@H](CC(C)C)C(=O)N[C@@H](CCCNC(=N)N)C(=O)N[C@@H](Cc1ccc(O)cc1)C(N)=O.